The summed E-state index contributed by atoms with van der Waals surface area (Å²) in [6.07, 6.45) is 18.7. The number of carbonyl (C=O) groups excluding carboxylic acids is 2. The van der Waals surface area contributed by atoms with E-state index in [1.165, 1.54) is 25.7 Å². The quantitative estimate of drug-likeness (QED) is 0.188. The van der Waals surface area contributed by atoms with Crippen molar-refractivity contribution in [3.8, 4) is 0 Å². The highest BCUT2D eigenvalue weighted by Gasteiger charge is 2.07. The van der Waals surface area contributed by atoms with E-state index in [0.29, 0.717) is 45.4 Å². The maximum atomic E-state index is 11.9. The van der Waals surface area contributed by atoms with E-state index >= 15 is 0 Å². The molecular weight excluding hydrogens is 390 g/mol. The lowest BCUT2D eigenvalue weighted by atomic mass is 10.2. The zero-order valence-corrected chi connectivity index (χ0v) is 20.0. The number of aliphatic hydroxyl groups is 1. The minimum atomic E-state index is 0.0718. The summed E-state index contributed by atoms with van der Waals surface area (Å²) in [5, 5.41) is 15.0. The van der Waals surface area contributed by atoms with Gasteiger partial charge in [-0.05, 0) is 32.1 Å². The van der Waals surface area contributed by atoms with E-state index in [-0.39, 0.29) is 18.4 Å². The number of allylic oxidation sites excluding steroid dienone is 4. The molecule has 0 aromatic heterocycles. The summed E-state index contributed by atoms with van der Waals surface area (Å²) in [7, 11) is 0. The SMILES string of the molecule is CCCC/C=C/CCC(=O)NCCN(CCCO)CCNC(=O)CC/C=C/CCCC. The van der Waals surface area contributed by atoms with Crippen LogP contribution in [-0.2, 0) is 9.59 Å². The van der Waals surface area contributed by atoms with Crippen molar-refractivity contribution in [1.82, 2.24) is 15.5 Å². The van der Waals surface area contributed by atoms with E-state index in [1.807, 2.05) is 0 Å². The maximum Gasteiger partial charge on any atom is 0.220 e. The second-order valence-corrected chi connectivity index (χ2v) is 7.92. The number of unbranched alkanes of at least 4 members (excludes halogenated alkanes) is 4. The van der Waals surface area contributed by atoms with Gasteiger partial charge in [0, 0.05) is 52.2 Å². The third kappa shape index (κ3) is 21.4. The van der Waals surface area contributed by atoms with Crippen LogP contribution < -0.4 is 10.6 Å². The van der Waals surface area contributed by atoms with Gasteiger partial charge in [0.25, 0.3) is 0 Å². The third-order valence-corrected chi connectivity index (χ3v) is 4.99. The zero-order valence-electron chi connectivity index (χ0n) is 20.0. The summed E-state index contributed by atoms with van der Waals surface area (Å²) in [5.41, 5.74) is 0. The fourth-order valence-corrected chi connectivity index (χ4v) is 3.06. The lowest BCUT2D eigenvalue weighted by molar-refractivity contribution is -0.121. The first-order valence-electron chi connectivity index (χ1n) is 12.3. The average Bonchev–Trinajstić information content (AvgIpc) is 2.76. The molecule has 31 heavy (non-hydrogen) atoms. The summed E-state index contributed by atoms with van der Waals surface area (Å²) in [4.78, 5) is 26.1. The summed E-state index contributed by atoms with van der Waals surface area (Å²) in [6.45, 7) is 7.84. The van der Waals surface area contributed by atoms with Crippen LogP contribution in [0.2, 0.25) is 0 Å². The molecule has 0 aliphatic heterocycles. The Balaban J connectivity index is 3.96. The van der Waals surface area contributed by atoms with Gasteiger partial charge in [0.1, 0.15) is 0 Å². The summed E-state index contributed by atoms with van der Waals surface area (Å²) in [6, 6.07) is 0. The van der Waals surface area contributed by atoms with Crippen LogP contribution in [0.4, 0.5) is 0 Å². The molecule has 0 bridgehead atoms. The van der Waals surface area contributed by atoms with Crippen molar-refractivity contribution in [2.75, 3.05) is 39.3 Å². The first-order valence-corrected chi connectivity index (χ1v) is 12.3. The monoisotopic (exact) mass is 437 g/mol. The summed E-state index contributed by atoms with van der Waals surface area (Å²) >= 11 is 0. The molecule has 0 aromatic carbocycles. The molecular formula is C25H47N3O3. The molecule has 180 valence electrons. The van der Waals surface area contributed by atoms with E-state index in [4.69, 9.17) is 5.11 Å². The number of rotatable bonds is 21. The van der Waals surface area contributed by atoms with E-state index in [2.05, 4.69) is 53.7 Å². The van der Waals surface area contributed by atoms with Gasteiger partial charge < -0.3 is 15.7 Å². The van der Waals surface area contributed by atoms with Crippen molar-refractivity contribution in [2.24, 2.45) is 0 Å². The second-order valence-electron chi connectivity index (χ2n) is 7.92. The minimum Gasteiger partial charge on any atom is -0.396 e. The molecule has 0 aromatic rings. The highest BCUT2D eigenvalue weighted by atomic mass is 16.3. The van der Waals surface area contributed by atoms with Crippen molar-refractivity contribution in [2.45, 2.75) is 84.5 Å². The molecule has 6 nitrogen and oxygen atoms in total. The first-order chi connectivity index (χ1) is 15.1. The molecule has 2 amide bonds. The summed E-state index contributed by atoms with van der Waals surface area (Å²) in [5.74, 6) is 0.144. The van der Waals surface area contributed by atoms with Gasteiger partial charge in [-0.3, -0.25) is 14.5 Å². The van der Waals surface area contributed by atoms with E-state index < -0.39 is 0 Å². The Kier molecular flexibility index (Phi) is 21.8. The molecule has 0 saturated carbocycles. The van der Waals surface area contributed by atoms with Gasteiger partial charge in [-0.1, -0.05) is 63.8 Å². The molecule has 0 rings (SSSR count). The zero-order chi connectivity index (χ0) is 23.0. The molecule has 0 radical (unpaired) electrons. The van der Waals surface area contributed by atoms with Gasteiger partial charge in [-0.15, -0.1) is 0 Å². The average molecular weight is 438 g/mol. The highest BCUT2D eigenvalue weighted by molar-refractivity contribution is 5.76. The topological polar surface area (TPSA) is 81.7 Å². The Morgan fingerprint density at radius 1 is 0.710 bits per heavy atom. The Morgan fingerprint density at radius 2 is 1.16 bits per heavy atom. The Hall–Kier alpha value is -1.66. The number of aliphatic hydroxyl groups excluding tert-OH is 1. The molecule has 6 heteroatoms. The van der Waals surface area contributed by atoms with Crippen molar-refractivity contribution in [3.63, 3.8) is 0 Å². The molecule has 3 N–H and O–H groups in total. The predicted octanol–water partition coefficient (Wildman–Crippen LogP) is 3.96. The molecule has 0 aliphatic rings. The van der Waals surface area contributed by atoms with Gasteiger partial charge in [-0.2, -0.15) is 0 Å². The number of hydrogen-bond acceptors (Lipinski definition) is 4. The summed E-state index contributed by atoms with van der Waals surface area (Å²) < 4.78 is 0. The number of amides is 2. The van der Waals surface area contributed by atoms with Crippen LogP contribution in [0.3, 0.4) is 0 Å². The third-order valence-electron chi connectivity index (χ3n) is 4.99. The number of nitrogens with one attached hydrogen (secondary N) is 2. The maximum absolute atomic E-state index is 11.9. The van der Waals surface area contributed by atoms with Crippen LogP contribution in [-0.4, -0.2) is 61.2 Å². The molecule has 0 spiro atoms. The van der Waals surface area contributed by atoms with Crippen LogP contribution in [0.15, 0.2) is 24.3 Å². The van der Waals surface area contributed by atoms with Crippen LogP contribution in [0.1, 0.15) is 84.5 Å². The first kappa shape index (κ1) is 29.3. The van der Waals surface area contributed by atoms with Crippen molar-refractivity contribution in [3.05, 3.63) is 24.3 Å². The number of carbonyl (C=O) groups is 2. The lowest BCUT2D eigenvalue weighted by Gasteiger charge is -2.22. The smallest absolute Gasteiger partial charge is 0.220 e. The lowest BCUT2D eigenvalue weighted by Crippen LogP contribution is -2.40. The van der Waals surface area contributed by atoms with Gasteiger partial charge in [0.2, 0.25) is 11.8 Å². The Bertz CT molecular complexity index is 452. The highest BCUT2D eigenvalue weighted by Crippen LogP contribution is 1.99. The van der Waals surface area contributed by atoms with Crippen molar-refractivity contribution < 1.29 is 14.7 Å². The van der Waals surface area contributed by atoms with Crippen molar-refractivity contribution >= 4 is 11.8 Å². The molecule has 0 saturated heterocycles. The van der Waals surface area contributed by atoms with Crippen LogP contribution in [0.5, 0.6) is 0 Å². The normalized spacial score (nSPS) is 11.6. The molecule has 0 heterocycles. The van der Waals surface area contributed by atoms with E-state index in [1.54, 1.807) is 0 Å². The molecule has 0 aliphatic carbocycles. The fourth-order valence-electron chi connectivity index (χ4n) is 3.06. The Morgan fingerprint density at radius 3 is 1.58 bits per heavy atom. The molecule has 0 atom stereocenters. The van der Waals surface area contributed by atoms with Crippen LogP contribution >= 0.6 is 0 Å². The standard InChI is InChI=1S/C25H47N3O3/c1-3-5-7-9-11-13-16-24(30)26-18-21-28(20-15-23-29)22-19-27-25(31)17-14-12-10-8-6-4-2/h9-12,29H,3-8,13-23H2,1-2H3,(H,26,30)(H,27,31)/b11-9+,12-10+. The fraction of sp³-hybridized carbons (Fsp3) is 0.760. The van der Waals surface area contributed by atoms with E-state index in [0.717, 1.165) is 32.2 Å². The Labute approximate surface area is 190 Å². The largest absolute Gasteiger partial charge is 0.396 e. The van der Waals surface area contributed by atoms with Gasteiger partial charge >= 0.3 is 0 Å². The minimum absolute atomic E-state index is 0.0718. The van der Waals surface area contributed by atoms with E-state index in [9.17, 15) is 9.59 Å². The number of hydrogen-bond donors (Lipinski definition) is 3. The van der Waals surface area contributed by atoms with Gasteiger partial charge in [-0.25, -0.2) is 0 Å². The van der Waals surface area contributed by atoms with Crippen LogP contribution in [0, 0.1) is 0 Å². The second kappa shape index (κ2) is 23.0. The van der Waals surface area contributed by atoms with Gasteiger partial charge in [0.15, 0.2) is 0 Å². The number of nitrogens with zero attached hydrogens (tertiary/aromatic N) is 1. The van der Waals surface area contributed by atoms with Crippen LogP contribution in [0.25, 0.3) is 0 Å². The van der Waals surface area contributed by atoms with Crippen molar-refractivity contribution in [1.29, 1.82) is 0 Å². The predicted molar refractivity (Wildman–Crippen MR) is 130 cm³/mol. The van der Waals surface area contributed by atoms with Gasteiger partial charge in [0.05, 0.1) is 0 Å². The molecule has 0 unspecified atom stereocenters. The molecule has 0 fully saturated rings.